The van der Waals surface area contributed by atoms with Crippen LogP contribution in [0.3, 0.4) is 0 Å². The zero-order chi connectivity index (χ0) is 9.84. The molecule has 1 rings (SSSR count). The van der Waals surface area contributed by atoms with Crippen LogP contribution in [0.15, 0.2) is 0 Å². The van der Waals surface area contributed by atoms with Crippen LogP contribution in [0.2, 0.25) is 0 Å². The summed E-state index contributed by atoms with van der Waals surface area (Å²) in [6.45, 7) is 6.68. The van der Waals surface area contributed by atoms with Crippen LogP contribution in [0.25, 0.3) is 0 Å². The van der Waals surface area contributed by atoms with E-state index in [1.54, 1.807) is 11.3 Å². The lowest BCUT2D eigenvalue weighted by Gasteiger charge is -2.00. The number of aryl methyl sites for hydroxylation is 1. The lowest BCUT2D eigenvalue weighted by molar-refractivity contribution is 0.299. The molecule has 0 aromatic carbocycles. The number of hydrogen-bond donors (Lipinski definition) is 1. The molecule has 1 heterocycles. The molecule has 3 heteroatoms. The van der Waals surface area contributed by atoms with Gasteiger partial charge >= 0.3 is 0 Å². The van der Waals surface area contributed by atoms with E-state index in [1.165, 1.54) is 4.88 Å². The second-order valence-electron chi connectivity index (χ2n) is 3.69. The van der Waals surface area contributed by atoms with E-state index in [2.05, 4.69) is 25.8 Å². The average Bonchev–Trinajstić information content (AvgIpc) is 2.31. The van der Waals surface area contributed by atoms with E-state index in [0.717, 1.165) is 17.1 Å². The lowest BCUT2D eigenvalue weighted by atomic mass is 10.1. The van der Waals surface area contributed by atoms with E-state index >= 15 is 0 Å². The number of rotatable bonds is 4. The van der Waals surface area contributed by atoms with E-state index in [-0.39, 0.29) is 6.61 Å². The molecule has 1 aromatic heterocycles. The molecule has 2 nitrogen and oxygen atoms in total. The Morgan fingerprint density at radius 2 is 2.15 bits per heavy atom. The third-order valence-corrected chi connectivity index (χ3v) is 3.10. The number of aliphatic hydroxyl groups is 1. The van der Waals surface area contributed by atoms with E-state index in [4.69, 9.17) is 5.11 Å². The first-order valence-corrected chi connectivity index (χ1v) is 5.51. The molecule has 0 radical (unpaired) electrons. The Labute approximate surface area is 83.6 Å². The number of aliphatic hydroxyl groups excluding tert-OH is 1. The highest BCUT2D eigenvalue weighted by molar-refractivity contribution is 7.11. The third-order valence-electron chi connectivity index (χ3n) is 1.86. The maximum absolute atomic E-state index is 8.77. The normalized spacial score (nSPS) is 11.2. The molecule has 0 amide bonds. The first-order chi connectivity index (χ1) is 6.13. The summed E-state index contributed by atoms with van der Waals surface area (Å²) in [6, 6.07) is 0. The zero-order valence-corrected chi connectivity index (χ0v) is 9.32. The Hall–Kier alpha value is -0.410. The van der Waals surface area contributed by atoms with Crippen molar-refractivity contribution in [3.8, 4) is 0 Å². The van der Waals surface area contributed by atoms with Gasteiger partial charge in [-0.05, 0) is 19.3 Å². The van der Waals surface area contributed by atoms with Gasteiger partial charge in [0.2, 0.25) is 0 Å². The molecule has 0 atom stereocenters. The Morgan fingerprint density at radius 3 is 2.69 bits per heavy atom. The van der Waals surface area contributed by atoms with Gasteiger partial charge in [0.05, 0.1) is 10.7 Å². The van der Waals surface area contributed by atoms with Crippen LogP contribution in [0.1, 0.15) is 29.4 Å². The van der Waals surface area contributed by atoms with Crippen molar-refractivity contribution in [3.63, 3.8) is 0 Å². The van der Waals surface area contributed by atoms with Crippen molar-refractivity contribution in [1.29, 1.82) is 0 Å². The highest BCUT2D eigenvalue weighted by Gasteiger charge is 2.08. The summed E-state index contributed by atoms with van der Waals surface area (Å²) in [7, 11) is 0. The highest BCUT2D eigenvalue weighted by Crippen LogP contribution is 2.21. The van der Waals surface area contributed by atoms with E-state index in [1.807, 2.05) is 0 Å². The van der Waals surface area contributed by atoms with Crippen LogP contribution in [-0.4, -0.2) is 16.7 Å². The minimum absolute atomic E-state index is 0.202. The minimum Gasteiger partial charge on any atom is -0.396 e. The molecule has 0 saturated carbocycles. The Kier molecular flexibility index (Phi) is 3.88. The van der Waals surface area contributed by atoms with Gasteiger partial charge in [0, 0.05) is 17.9 Å². The summed E-state index contributed by atoms with van der Waals surface area (Å²) >= 11 is 1.74. The fourth-order valence-corrected chi connectivity index (χ4v) is 2.52. The van der Waals surface area contributed by atoms with Gasteiger partial charge in [0.15, 0.2) is 0 Å². The summed E-state index contributed by atoms with van der Waals surface area (Å²) in [5.74, 6) is 0.682. The summed E-state index contributed by atoms with van der Waals surface area (Å²) in [5, 5.41) is 9.83. The standard InChI is InChI=1S/C10H17NOS/c1-7(2)6-9-8(3)11-10(13-9)4-5-12/h7,12H,4-6H2,1-3H3. The summed E-state index contributed by atoms with van der Waals surface area (Å²) in [6.07, 6.45) is 1.80. The van der Waals surface area contributed by atoms with Crippen LogP contribution >= 0.6 is 11.3 Å². The van der Waals surface area contributed by atoms with Crippen LogP contribution in [0, 0.1) is 12.8 Å². The molecule has 0 fully saturated rings. The molecule has 0 saturated heterocycles. The summed E-state index contributed by atoms with van der Waals surface area (Å²) in [5.41, 5.74) is 1.14. The molecule has 74 valence electrons. The second kappa shape index (κ2) is 4.72. The smallest absolute Gasteiger partial charge is 0.0953 e. The van der Waals surface area contributed by atoms with Crippen molar-refractivity contribution in [2.24, 2.45) is 5.92 Å². The Balaban J connectivity index is 2.71. The molecule has 1 aromatic rings. The molecule has 0 aliphatic carbocycles. The van der Waals surface area contributed by atoms with Crippen molar-refractivity contribution in [3.05, 3.63) is 15.6 Å². The van der Waals surface area contributed by atoms with Gasteiger partial charge in [-0.15, -0.1) is 11.3 Å². The number of aromatic nitrogens is 1. The average molecular weight is 199 g/mol. The maximum atomic E-state index is 8.77. The first-order valence-electron chi connectivity index (χ1n) is 4.69. The molecule has 0 aliphatic rings. The second-order valence-corrected chi connectivity index (χ2v) is 4.86. The molecule has 0 aliphatic heterocycles. The van der Waals surface area contributed by atoms with E-state index in [9.17, 15) is 0 Å². The van der Waals surface area contributed by atoms with Gasteiger partial charge in [-0.2, -0.15) is 0 Å². The monoisotopic (exact) mass is 199 g/mol. The summed E-state index contributed by atoms with van der Waals surface area (Å²) < 4.78 is 0. The predicted molar refractivity (Wildman–Crippen MR) is 56.2 cm³/mol. The minimum atomic E-state index is 0.202. The fourth-order valence-electron chi connectivity index (χ4n) is 1.25. The van der Waals surface area contributed by atoms with Crippen molar-refractivity contribution in [2.75, 3.05) is 6.61 Å². The topological polar surface area (TPSA) is 33.1 Å². The van der Waals surface area contributed by atoms with Gasteiger partial charge in [-0.25, -0.2) is 4.98 Å². The SMILES string of the molecule is Cc1nc(CCO)sc1CC(C)C. The largest absolute Gasteiger partial charge is 0.396 e. The van der Waals surface area contributed by atoms with Crippen molar-refractivity contribution in [2.45, 2.75) is 33.6 Å². The zero-order valence-electron chi connectivity index (χ0n) is 8.50. The highest BCUT2D eigenvalue weighted by atomic mass is 32.1. The molecule has 0 spiro atoms. The molecular formula is C10H17NOS. The lowest BCUT2D eigenvalue weighted by Crippen LogP contribution is -1.92. The van der Waals surface area contributed by atoms with Gasteiger partial charge < -0.3 is 5.11 Å². The van der Waals surface area contributed by atoms with Crippen LogP contribution in [0.5, 0.6) is 0 Å². The molecule has 0 unspecified atom stereocenters. The van der Waals surface area contributed by atoms with Crippen molar-refractivity contribution < 1.29 is 5.11 Å². The van der Waals surface area contributed by atoms with Crippen LogP contribution < -0.4 is 0 Å². The molecule has 1 N–H and O–H groups in total. The Bertz CT molecular complexity index is 268. The maximum Gasteiger partial charge on any atom is 0.0953 e. The molecular weight excluding hydrogens is 182 g/mol. The molecule has 13 heavy (non-hydrogen) atoms. The van der Waals surface area contributed by atoms with Gasteiger partial charge in [-0.3, -0.25) is 0 Å². The van der Waals surface area contributed by atoms with E-state index in [0.29, 0.717) is 12.3 Å². The number of hydrogen-bond acceptors (Lipinski definition) is 3. The fraction of sp³-hybridized carbons (Fsp3) is 0.700. The molecule has 0 bridgehead atoms. The first kappa shape index (κ1) is 10.7. The predicted octanol–water partition coefficient (Wildman–Crippen LogP) is 2.18. The Morgan fingerprint density at radius 1 is 1.46 bits per heavy atom. The van der Waals surface area contributed by atoms with E-state index < -0.39 is 0 Å². The quantitative estimate of drug-likeness (QED) is 0.806. The number of nitrogens with zero attached hydrogens (tertiary/aromatic N) is 1. The van der Waals surface area contributed by atoms with Gasteiger partial charge in [-0.1, -0.05) is 13.8 Å². The van der Waals surface area contributed by atoms with Gasteiger partial charge in [0.25, 0.3) is 0 Å². The third kappa shape index (κ3) is 3.08. The van der Waals surface area contributed by atoms with Crippen LogP contribution in [0.4, 0.5) is 0 Å². The van der Waals surface area contributed by atoms with Crippen molar-refractivity contribution >= 4 is 11.3 Å². The number of thiazole rings is 1. The summed E-state index contributed by atoms with van der Waals surface area (Å²) in [4.78, 5) is 5.79. The van der Waals surface area contributed by atoms with Crippen LogP contribution in [-0.2, 0) is 12.8 Å². The van der Waals surface area contributed by atoms with Gasteiger partial charge in [0.1, 0.15) is 0 Å². The van der Waals surface area contributed by atoms with Crippen molar-refractivity contribution in [1.82, 2.24) is 4.98 Å².